The van der Waals surface area contributed by atoms with Gasteiger partial charge in [0.05, 0.1) is 18.2 Å². The molecule has 1 aliphatic heterocycles. The molecule has 0 radical (unpaired) electrons. The lowest BCUT2D eigenvalue weighted by atomic mass is 10.2. The van der Waals surface area contributed by atoms with Crippen molar-refractivity contribution in [2.24, 2.45) is 0 Å². The first-order chi connectivity index (χ1) is 12.8. The number of carbonyl (C=O) groups excluding carboxylic acids is 1. The zero-order valence-electron chi connectivity index (χ0n) is 16.1. The molecule has 1 atom stereocenters. The second-order valence-corrected chi connectivity index (χ2v) is 8.84. The van der Waals surface area contributed by atoms with Crippen LogP contribution in [0.15, 0.2) is 23.1 Å². The largest absolute Gasteiger partial charge is 0.379 e. The van der Waals surface area contributed by atoms with E-state index in [0.717, 1.165) is 13.1 Å². The van der Waals surface area contributed by atoms with Crippen molar-refractivity contribution in [1.82, 2.24) is 14.5 Å². The van der Waals surface area contributed by atoms with E-state index in [4.69, 9.17) is 16.3 Å². The molecule has 27 heavy (non-hydrogen) atoms. The fourth-order valence-corrected chi connectivity index (χ4v) is 5.03. The van der Waals surface area contributed by atoms with E-state index in [1.807, 2.05) is 6.92 Å². The number of benzene rings is 1. The van der Waals surface area contributed by atoms with Gasteiger partial charge in [0.25, 0.3) is 5.91 Å². The summed E-state index contributed by atoms with van der Waals surface area (Å²) in [6.45, 7) is 9.92. The number of carbonyl (C=O) groups is 1. The summed E-state index contributed by atoms with van der Waals surface area (Å²) in [5.74, 6) is -0.316. The number of amides is 1. The number of rotatable bonds is 8. The van der Waals surface area contributed by atoms with Gasteiger partial charge in [0.2, 0.25) is 10.0 Å². The topological polar surface area (TPSA) is 79.0 Å². The predicted octanol–water partition coefficient (Wildman–Crippen LogP) is 1.82. The molecule has 9 heteroatoms. The molecule has 7 nitrogen and oxygen atoms in total. The van der Waals surface area contributed by atoms with Crippen LogP contribution in [0.1, 0.15) is 31.1 Å². The maximum Gasteiger partial charge on any atom is 0.251 e. The van der Waals surface area contributed by atoms with E-state index in [1.54, 1.807) is 19.9 Å². The van der Waals surface area contributed by atoms with Crippen LogP contribution in [0.25, 0.3) is 0 Å². The molecular weight excluding hydrogens is 390 g/mol. The van der Waals surface area contributed by atoms with Gasteiger partial charge >= 0.3 is 0 Å². The highest BCUT2D eigenvalue weighted by Crippen LogP contribution is 2.26. The molecular formula is C18H28ClN3O4S. The van der Waals surface area contributed by atoms with Crippen LogP contribution in [0.2, 0.25) is 5.02 Å². The van der Waals surface area contributed by atoms with Gasteiger partial charge in [-0.15, -0.1) is 0 Å². The zero-order valence-corrected chi connectivity index (χ0v) is 17.6. The number of halogens is 1. The van der Waals surface area contributed by atoms with Gasteiger partial charge in [-0.25, -0.2) is 8.42 Å². The van der Waals surface area contributed by atoms with Crippen molar-refractivity contribution < 1.29 is 17.9 Å². The Morgan fingerprint density at radius 3 is 2.52 bits per heavy atom. The van der Waals surface area contributed by atoms with E-state index in [0.29, 0.717) is 32.8 Å². The molecule has 0 saturated carbocycles. The third kappa shape index (κ3) is 5.65. The minimum Gasteiger partial charge on any atom is -0.379 e. The quantitative estimate of drug-likeness (QED) is 0.698. The lowest BCUT2D eigenvalue weighted by Crippen LogP contribution is -2.46. The van der Waals surface area contributed by atoms with Crippen molar-refractivity contribution in [1.29, 1.82) is 0 Å². The Morgan fingerprint density at radius 1 is 1.30 bits per heavy atom. The van der Waals surface area contributed by atoms with Gasteiger partial charge in [-0.05, 0) is 25.1 Å². The summed E-state index contributed by atoms with van der Waals surface area (Å²) in [6.07, 6.45) is 0. The van der Waals surface area contributed by atoms with Crippen LogP contribution < -0.4 is 5.32 Å². The first-order valence-electron chi connectivity index (χ1n) is 9.20. The number of morpholine rings is 1. The molecule has 0 aromatic heterocycles. The Balaban J connectivity index is 2.13. The van der Waals surface area contributed by atoms with Gasteiger partial charge < -0.3 is 10.1 Å². The average molecular weight is 418 g/mol. The van der Waals surface area contributed by atoms with Gasteiger partial charge in [0, 0.05) is 44.3 Å². The number of sulfonamides is 1. The zero-order chi connectivity index (χ0) is 20.0. The predicted molar refractivity (Wildman–Crippen MR) is 106 cm³/mol. The monoisotopic (exact) mass is 417 g/mol. The summed E-state index contributed by atoms with van der Waals surface area (Å²) in [4.78, 5) is 14.8. The third-order valence-corrected chi connectivity index (χ3v) is 7.06. The van der Waals surface area contributed by atoms with Gasteiger partial charge in [0.15, 0.2) is 0 Å². The standard InChI is InChI=1S/C18H28ClN3O4S/c1-4-22(5-2)27(24,25)17-12-15(6-7-16(17)19)18(23)20-14(3)13-21-8-10-26-11-9-21/h6-7,12,14H,4-5,8-11,13H2,1-3H3,(H,20,23). The molecule has 152 valence electrons. The Bertz CT molecular complexity index is 747. The smallest absolute Gasteiger partial charge is 0.251 e. The highest BCUT2D eigenvalue weighted by molar-refractivity contribution is 7.89. The lowest BCUT2D eigenvalue weighted by molar-refractivity contribution is 0.0342. The Morgan fingerprint density at radius 2 is 1.93 bits per heavy atom. The van der Waals surface area contributed by atoms with Crippen molar-refractivity contribution in [2.45, 2.75) is 31.7 Å². The third-order valence-electron chi connectivity index (χ3n) is 4.53. The van der Waals surface area contributed by atoms with Crippen molar-refractivity contribution in [2.75, 3.05) is 45.9 Å². The number of nitrogens with zero attached hydrogens (tertiary/aromatic N) is 2. The molecule has 1 aromatic carbocycles. The van der Waals surface area contributed by atoms with E-state index in [9.17, 15) is 13.2 Å². The van der Waals surface area contributed by atoms with Crippen LogP contribution in [0.3, 0.4) is 0 Å². The molecule has 1 aliphatic rings. The van der Waals surface area contributed by atoms with Gasteiger partial charge in [-0.2, -0.15) is 4.31 Å². The van der Waals surface area contributed by atoms with Crippen molar-refractivity contribution in [3.05, 3.63) is 28.8 Å². The molecule has 1 unspecified atom stereocenters. The molecule has 1 heterocycles. The summed E-state index contributed by atoms with van der Waals surface area (Å²) < 4.78 is 32.2. The highest BCUT2D eigenvalue weighted by atomic mass is 35.5. The normalized spacial score (nSPS) is 17.1. The molecule has 2 rings (SSSR count). The minimum atomic E-state index is -3.74. The lowest BCUT2D eigenvalue weighted by Gasteiger charge is -2.29. The fraction of sp³-hybridized carbons (Fsp3) is 0.611. The first kappa shape index (κ1) is 22.1. The summed E-state index contributed by atoms with van der Waals surface area (Å²) in [5.41, 5.74) is 0.277. The summed E-state index contributed by atoms with van der Waals surface area (Å²) in [5, 5.41) is 3.04. The van der Waals surface area contributed by atoms with Gasteiger partial charge in [-0.1, -0.05) is 25.4 Å². The summed E-state index contributed by atoms with van der Waals surface area (Å²) in [7, 11) is -3.74. The molecule has 0 bridgehead atoms. The van der Waals surface area contributed by atoms with Crippen LogP contribution >= 0.6 is 11.6 Å². The molecule has 1 amide bonds. The number of hydrogen-bond acceptors (Lipinski definition) is 5. The maximum absolute atomic E-state index is 12.8. The molecule has 1 aromatic rings. The SMILES string of the molecule is CCN(CC)S(=O)(=O)c1cc(C(=O)NC(C)CN2CCOCC2)ccc1Cl. The van der Waals surface area contributed by atoms with E-state index < -0.39 is 10.0 Å². The van der Waals surface area contributed by atoms with Crippen molar-refractivity contribution in [3.63, 3.8) is 0 Å². The Labute approximate surface area is 166 Å². The van der Waals surface area contributed by atoms with Crippen LogP contribution in [-0.4, -0.2) is 75.5 Å². The van der Waals surface area contributed by atoms with Gasteiger partial charge in [-0.3, -0.25) is 9.69 Å². The van der Waals surface area contributed by atoms with Crippen LogP contribution in [0.4, 0.5) is 0 Å². The number of hydrogen-bond donors (Lipinski definition) is 1. The molecule has 1 N–H and O–H groups in total. The van der Waals surface area contributed by atoms with E-state index in [2.05, 4.69) is 10.2 Å². The maximum atomic E-state index is 12.8. The average Bonchev–Trinajstić information content (AvgIpc) is 2.63. The van der Waals surface area contributed by atoms with Crippen molar-refractivity contribution >= 4 is 27.5 Å². The van der Waals surface area contributed by atoms with E-state index >= 15 is 0 Å². The molecule has 0 aliphatic carbocycles. The second-order valence-electron chi connectivity index (χ2n) is 6.52. The fourth-order valence-electron chi connectivity index (χ4n) is 3.07. The van der Waals surface area contributed by atoms with E-state index in [-0.39, 0.29) is 27.4 Å². The highest BCUT2D eigenvalue weighted by Gasteiger charge is 2.26. The molecule has 1 saturated heterocycles. The van der Waals surface area contributed by atoms with Crippen LogP contribution in [0.5, 0.6) is 0 Å². The van der Waals surface area contributed by atoms with Crippen LogP contribution in [-0.2, 0) is 14.8 Å². The molecule has 0 spiro atoms. The van der Waals surface area contributed by atoms with Gasteiger partial charge in [0.1, 0.15) is 4.90 Å². The van der Waals surface area contributed by atoms with Crippen LogP contribution in [0, 0.1) is 0 Å². The summed E-state index contributed by atoms with van der Waals surface area (Å²) in [6, 6.07) is 4.28. The Hall–Kier alpha value is -1.19. The molecule has 1 fully saturated rings. The van der Waals surface area contributed by atoms with E-state index in [1.165, 1.54) is 16.4 Å². The Kier molecular flexibility index (Phi) is 8.05. The number of ether oxygens (including phenoxy) is 1. The number of nitrogens with one attached hydrogen (secondary N) is 1. The first-order valence-corrected chi connectivity index (χ1v) is 11.0. The summed E-state index contributed by atoms with van der Waals surface area (Å²) >= 11 is 6.12. The minimum absolute atomic E-state index is 0.0404. The second kappa shape index (κ2) is 9.84. The van der Waals surface area contributed by atoms with Crippen molar-refractivity contribution in [3.8, 4) is 0 Å².